The number of hydrogen-bond donors (Lipinski definition) is 1. The van der Waals surface area contributed by atoms with Crippen molar-refractivity contribution in [2.24, 2.45) is 0 Å². The van der Waals surface area contributed by atoms with Crippen molar-refractivity contribution in [3.05, 3.63) is 21.7 Å². The van der Waals surface area contributed by atoms with Crippen molar-refractivity contribution in [3.63, 3.8) is 0 Å². The topological polar surface area (TPSA) is 60.9 Å². The van der Waals surface area contributed by atoms with Gasteiger partial charge in [-0.05, 0) is 13.8 Å². The van der Waals surface area contributed by atoms with Crippen LogP contribution >= 0.6 is 11.6 Å². The number of anilines is 1. The lowest BCUT2D eigenvalue weighted by Gasteiger charge is -2.11. The molecular formula is C7H10ClN3O. The van der Waals surface area contributed by atoms with Gasteiger partial charge in [0.25, 0.3) is 5.56 Å². The summed E-state index contributed by atoms with van der Waals surface area (Å²) < 4.78 is 1.39. The van der Waals surface area contributed by atoms with E-state index in [1.807, 2.05) is 13.8 Å². The fourth-order valence-electron chi connectivity index (χ4n) is 0.942. The fourth-order valence-corrected chi connectivity index (χ4v) is 1.26. The van der Waals surface area contributed by atoms with Crippen molar-refractivity contribution >= 4 is 17.4 Å². The Labute approximate surface area is 75.0 Å². The van der Waals surface area contributed by atoms with Crippen LogP contribution in [0.1, 0.15) is 19.9 Å². The van der Waals surface area contributed by atoms with Crippen LogP contribution in [0.3, 0.4) is 0 Å². The first-order valence-corrected chi connectivity index (χ1v) is 3.94. The summed E-state index contributed by atoms with van der Waals surface area (Å²) in [7, 11) is 0. The summed E-state index contributed by atoms with van der Waals surface area (Å²) in [6, 6.07) is -0.00435. The molecule has 1 aromatic rings. The Morgan fingerprint density at radius 2 is 2.25 bits per heavy atom. The lowest BCUT2D eigenvalue weighted by Crippen LogP contribution is -2.25. The highest BCUT2D eigenvalue weighted by molar-refractivity contribution is 6.29. The number of halogens is 1. The number of hydrogen-bond acceptors (Lipinski definition) is 3. The third kappa shape index (κ3) is 1.43. The van der Waals surface area contributed by atoms with Gasteiger partial charge in [0.1, 0.15) is 5.15 Å². The van der Waals surface area contributed by atoms with Crippen molar-refractivity contribution in [2.75, 3.05) is 5.73 Å². The van der Waals surface area contributed by atoms with E-state index in [0.29, 0.717) is 5.15 Å². The maximum atomic E-state index is 11.3. The molecule has 0 aliphatic rings. The quantitative estimate of drug-likeness (QED) is 0.715. The average molecular weight is 188 g/mol. The van der Waals surface area contributed by atoms with Crippen LogP contribution in [-0.2, 0) is 0 Å². The molecule has 0 fully saturated rings. The molecule has 0 amide bonds. The molecule has 5 heteroatoms. The highest BCUT2D eigenvalue weighted by Crippen LogP contribution is 2.10. The van der Waals surface area contributed by atoms with E-state index in [9.17, 15) is 4.79 Å². The Balaban J connectivity index is 3.44. The first kappa shape index (κ1) is 9.06. The zero-order chi connectivity index (χ0) is 9.30. The van der Waals surface area contributed by atoms with Crippen LogP contribution in [0, 0.1) is 0 Å². The number of nitrogens with zero attached hydrogens (tertiary/aromatic N) is 2. The second kappa shape index (κ2) is 3.15. The van der Waals surface area contributed by atoms with Gasteiger partial charge in [0.05, 0.1) is 6.20 Å². The first-order chi connectivity index (χ1) is 5.54. The zero-order valence-electron chi connectivity index (χ0n) is 6.91. The highest BCUT2D eigenvalue weighted by atomic mass is 35.5. The van der Waals surface area contributed by atoms with Crippen LogP contribution in [0.2, 0.25) is 5.15 Å². The van der Waals surface area contributed by atoms with Crippen LogP contribution < -0.4 is 11.3 Å². The summed E-state index contributed by atoms with van der Waals surface area (Å²) in [5.41, 5.74) is 4.99. The lowest BCUT2D eigenvalue weighted by atomic mass is 10.4. The van der Waals surface area contributed by atoms with Gasteiger partial charge in [-0.2, -0.15) is 0 Å². The van der Waals surface area contributed by atoms with Gasteiger partial charge in [-0.1, -0.05) is 11.6 Å². The molecule has 0 aliphatic heterocycles. The van der Waals surface area contributed by atoms with Crippen molar-refractivity contribution in [1.82, 2.24) is 9.55 Å². The summed E-state index contributed by atoms with van der Waals surface area (Å²) in [6.45, 7) is 3.71. The maximum Gasteiger partial charge on any atom is 0.294 e. The summed E-state index contributed by atoms with van der Waals surface area (Å²) in [5.74, 6) is -0.0203. The van der Waals surface area contributed by atoms with E-state index >= 15 is 0 Å². The Morgan fingerprint density at radius 3 is 2.67 bits per heavy atom. The molecule has 12 heavy (non-hydrogen) atoms. The minimum atomic E-state index is -0.336. The Hall–Kier alpha value is -1.03. The van der Waals surface area contributed by atoms with E-state index < -0.39 is 0 Å². The number of nitrogen functional groups attached to an aromatic ring is 1. The standard InChI is InChI=1S/C7H10ClN3O/c1-4(2)11-5(8)3-10-6(9)7(11)12/h3-4H,1-2H3,(H2,9,10). The van der Waals surface area contributed by atoms with Crippen molar-refractivity contribution in [1.29, 1.82) is 0 Å². The molecule has 1 rings (SSSR count). The molecule has 1 heterocycles. The SMILES string of the molecule is CC(C)n1c(Cl)cnc(N)c1=O. The van der Waals surface area contributed by atoms with E-state index in [0.717, 1.165) is 0 Å². The van der Waals surface area contributed by atoms with Crippen LogP contribution in [0.15, 0.2) is 11.0 Å². The van der Waals surface area contributed by atoms with Crippen molar-refractivity contribution in [2.45, 2.75) is 19.9 Å². The molecule has 0 bridgehead atoms. The van der Waals surface area contributed by atoms with Gasteiger partial charge in [-0.25, -0.2) is 4.98 Å². The molecule has 0 aliphatic carbocycles. The number of nitrogens with two attached hydrogens (primary N) is 1. The molecule has 0 atom stereocenters. The first-order valence-electron chi connectivity index (χ1n) is 3.56. The molecular weight excluding hydrogens is 178 g/mol. The van der Waals surface area contributed by atoms with Crippen LogP contribution in [-0.4, -0.2) is 9.55 Å². The van der Waals surface area contributed by atoms with Gasteiger partial charge < -0.3 is 5.73 Å². The van der Waals surface area contributed by atoms with Gasteiger partial charge in [-0.3, -0.25) is 9.36 Å². The molecule has 0 radical (unpaired) electrons. The molecule has 0 saturated carbocycles. The van der Waals surface area contributed by atoms with Crippen molar-refractivity contribution < 1.29 is 0 Å². The predicted octanol–water partition coefficient (Wildman–Crippen LogP) is 1.06. The number of aromatic nitrogens is 2. The summed E-state index contributed by atoms with van der Waals surface area (Å²) >= 11 is 5.74. The van der Waals surface area contributed by atoms with Gasteiger partial charge in [0.2, 0.25) is 0 Å². The normalized spacial score (nSPS) is 10.7. The molecule has 66 valence electrons. The minimum Gasteiger partial charge on any atom is -0.379 e. The predicted molar refractivity (Wildman–Crippen MR) is 48.3 cm³/mol. The largest absolute Gasteiger partial charge is 0.379 e. The second-order valence-electron chi connectivity index (χ2n) is 2.74. The lowest BCUT2D eigenvalue weighted by molar-refractivity contribution is 0.577. The number of rotatable bonds is 1. The highest BCUT2D eigenvalue weighted by Gasteiger charge is 2.08. The van der Waals surface area contributed by atoms with E-state index in [1.54, 1.807) is 0 Å². The minimum absolute atomic E-state index is 0.00435. The Morgan fingerprint density at radius 1 is 1.67 bits per heavy atom. The summed E-state index contributed by atoms with van der Waals surface area (Å²) in [5, 5.41) is 0.309. The van der Waals surface area contributed by atoms with E-state index in [-0.39, 0.29) is 17.4 Å². The summed E-state index contributed by atoms with van der Waals surface area (Å²) in [4.78, 5) is 15.0. The van der Waals surface area contributed by atoms with E-state index in [2.05, 4.69) is 4.98 Å². The molecule has 0 aromatic carbocycles. The monoisotopic (exact) mass is 187 g/mol. The van der Waals surface area contributed by atoms with Gasteiger partial charge in [-0.15, -0.1) is 0 Å². The second-order valence-corrected chi connectivity index (χ2v) is 3.12. The fraction of sp³-hybridized carbons (Fsp3) is 0.429. The molecule has 2 N–H and O–H groups in total. The molecule has 4 nitrogen and oxygen atoms in total. The summed E-state index contributed by atoms with van der Waals surface area (Å²) in [6.07, 6.45) is 1.37. The third-order valence-electron chi connectivity index (χ3n) is 1.49. The maximum absolute atomic E-state index is 11.3. The van der Waals surface area contributed by atoms with E-state index in [1.165, 1.54) is 10.8 Å². The molecule has 0 unspecified atom stereocenters. The molecule has 1 aromatic heterocycles. The Kier molecular flexibility index (Phi) is 2.38. The zero-order valence-corrected chi connectivity index (χ0v) is 7.67. The molecule has 0 saturated heterocycles. The third-order valence-corrected chi connectivity index (χ3v) is 1.77. The van der Waals surface area contributed by atoms with Crippen molar-refractivity contribution in [3.8, 4) is 0 Å². The molecule has 0 spiro atoms. The van der Waals surface area contributed by atoms with Gasteiger partial charge in [0.15, 0.2) is 5.82 Å². The average Bonchev–Trinajstić information content (AvgIpc) is 1.97. The Bertz CT molecular complexity index is 345. The smallest absolute Gasteiger partial charge is 0.294 e. The van der Waals surface area contributed by atoms with Gasteiger partial charge >= 0.3 is 0 Å². The van der Waals surface area contributed by atoms with Gasteiger partial charge in [0, 0.05) is 6.04 Å². The van der Waals surface area contributed by atoms with Crippen LogP contribution in [0.4, 0.5) is 5.82 Å². The van der Waals surface area contributed by atoms with Crippen LogP contribution in [0.25, 0.3) is 0 Å². The van der Waals surface area contributed by atoms with E-state index in [4.69, 9.17) is 17.3 Å². The van der Waals surface area contributed by atoms with Crippen LogP contribution in [0.5, 0.6) is 0 Å².